The highest BCUT2D eigenvalue weighted by molar-refractivity contribution is 9.10. The lowest BCUT2D eigenvalue weighted by atomic mass is 10.3. The smallest absolute Gasteiger partial charge is 0.165 e. The lowest BCUT2D eigenvalue weighted by Crippen LogP contribution is -2.04. The van der Waals surface area contributed by atoms with Gasteiger partial charge in [0.15, 0.2) is 11.6 Å². The zero-order valence-corrected chi connectivity index (χ0v) is 10.2. The van der Waals surface area contributed by atoms with Gasteiger partial charge in [0.25, 0.3) is 0 Å². The third-order valence-electron chi connectivity index (χ3n) is 2.21. The molecular weight excluding hydrogens is 275 g/mol. The minimum absolute atomic E-state index is 0.246. The van der Waals surface area contributed by atoms with Gasteiger partial charge < -0.3 is 4.74 Å². The fourth-order valence-corrected chi connectivity index (χ4v) is 1.77. The van der Waals surface area contributed by atoms with E-state index in [-0.39, 0.29) is 18.2 Å². The van der Waals surface area contributed by atoms with Gasteiger partial charge in [0.2, 0.25) is 0 Å². The first-order valence-electron chi connectivity index (χ1n) is 4.72. The number of halogens is 2. The predicted octanol–water partition coefficient (Wildman–Crippen LogP) is 2.90. The second-order valence-corrected chi connectivity index (χ2v) is 4.14. The van der Waals surface area contributed by atoms with Gasteiger partial charge in [-0.2, -0.15) is 5.10 Å². The quantitative estimate of drug-likeness (QED) is 0.867. The Labute approximate surface area is 101 Å². The van der Waals surface area contributed by atoms with Gasteiger partial charge in [-0.05, 0) is 28.1 Å². The first kappa shape index (κ1) is 11.1. The van der Waals surface area contributed by atoms with Crippen molar-refractivity contribution in [3.05, 3.63) is 46.4 Å². The van der Waals surface area contributed by atoms with Gasteiger partial charge in [-0.1, -0.05) is 12.1 Å². The van der Waals surface area contributed by atoms with Crippen LogP contribution in [0.4, 0.5) is 4.39 Å². The van der Waals surface area contributed by atoms with Crippen LogP contribution in [-0.4, -0.2) is 9.78 Å². The summed E-state index contributed by atoms with van der Waals surface area (Å²) in [7, 11) is 1.81. The third kappa shape index (κ3) is 2.24. The first-order valence-corrected chi connectivity index (χ1v) is 5.51. The van der Waals surface area contributed by atoms with E-state index in [4.69, 9.17) is 4.74 Å². The van der Waals surface area contributed by atoms with Crippen LogP contribution >= 0.6 is 15.9 Å². The lowest BCUT2D eigenvalue weighted by Gasteiger charge is -2.07. The Morgan fingerprint density at radius 1 is 1.44 bits per heavy atom. The van der Waals surface area contributed by atoms with E-state index in [2.05, 4.69) is 21.0 Å². The molecule has 0 aliphatic rings. The molecule has 0 unspecified atom stereocenters. The monoisotopic (exact) mass is 284 g/mol. The van der Waals surface area contributed by atoms with Crippen LogP contribution in [0.1, 0.15) is 5.69 Å². The highest BCUT2D eigenvalue weighted by Crippen LogP contribution is 2.20. The highest BCUT2D eigenvalue weighted by atomic mass is 79.9. The molecule has 0 radical (unpaired) electrons. The van der Waals surface area contributed by atoms with Crippen LogP contribution < -0.4 is 4.74 Å². The van der Waals surface area contributed by atoms with Crippen molar-refractivity contribution in [2.45, 2.75) is 6.61 Å². The normalized spacial score (nSPS) is 10.4. The van der Waals surface area contributed by atoms with Crippen molar-refractivity contribution < 1.29 is 9.13 Å². The van der Waals surface area contributed by atoms with Crippen molar-refractivity contribution in [3.8, 4) is 5.75 Å². The number of hydrogen-bond donors (Lipinski definition) is 0. The summed E-state index contributed by atoms with van der Waals surface area (Å²) in [6.07, 6.45) is 1.68. The van der Waals surface area contributed by atoms with Crippen LogP contribution in [0.3, 0.4) is 0 Å². The van der Waals surface area contributed by atoms with E-state index in [0.29, 0.717) is 0 Å². The van der Waals surface area contributed by atoms with E-state index in [9.17, 15) is 4.39 Å². The molecule has 5 heteroatoms. The van der Waals surface area contributed by atoms with Crippen molar-refractivity contribution in [2.75, 3.05) is 0 Å². The van der Waals surface area contributed by atoms with Gasteiger partial charge in [-0.15, -0.1) is 0 Å². The van der Waals surface area contributed by atoms with Crippen molar-refractivity contribution in [3.63, 3.8) is 0 Å². The Balaban J connectivity index is 2.11. The second kappa shape index (κ2) is 4.65. The summed E-state index contributed by atoms with van der Waals surface area (Å²) in [5.74, 6) is -0.114. The van der Waals surface area contributed by atoms with E-state index in [1.54, 1.807) is 29.1 Å². The Hall–Kier alpha value is -1.36. The second-order valence-electron chi connectivity index (χ2n) is 3.28. The number of ether oxygens (including phenoxy) is 1. The molecule has 3 nitrogen and oxygen atoms in total. The molecule has 0 aliphatic heterocycles. The molecule has 16 heavy (non-hydrogen) atoms. The van der Waals surface area contributed by atoms with E-state index in [1.165, 1.54) is 6.07 Å². The fraction of sp³-hybridized carbons (Fsp3) is 0.182. The molecule has 0 N–H and O–H groups in total. The number of rotatable bonds is 3. The van der Waals surface area contributed by atoms with E-state index in [0.717, 1.165) is 10.2 Å². The maximum absolute atomic E-state index is 13.3. The first-order chi connectivity index (χ1) is 7.68. The number of para-hydroxylation sites is 1. The molecule has 0 amide bonds. The SMILES string of the molecule is Cn1ncc(Br)c1COc1ccccc1F. The molecular formula is C11H10BrFN2O. The predicted molar refractivity (Wildman–Crippen MR) is 61.6 cm³/mol. The molecule has 1 aromatic carbocycles. The summed E-state index contributed by atoms with van der Waals surface area (Å²) >= 11 is 3.35. The van der Waals surface area contributed by atoms with Crippen LogP contribution in [0.2, 0.25) is 0 Å². The van der Waals surface area contributed by atoms with E-state index >= 15 is 0 Å². The standard InChI is InChI=1S/C11H10BrFN2O/c1-15-10(8(12)6-14-15)7-16-11-5-3-2-4-9(11)13/h2-6H,7H2,1H3. The van der Waals surface area contributed by atoms with Crippen LogP contribution in [0.15, 0.2) is 34.9 Å². The summed E-state index contributed by atoms with van der Waals surface area (Å²) in [5.41, 5.74) is 0.864. The van der Waals surface area contributed by atoms with Crippen molar-refractivity contribution in [1.82, 2.24) is 9.78 Å². The zero-order chi connectivity index (χ0) is 11.5. The van der Waals surface area contributed by atoms with Gasteiger partial charge in [0, 0.05) is 7.05 Å². The number of aryl methyl sites for hydroxylation is 1. The maximum atomic E-state index is 13.3. The molecule has 0 saturated heterocycles. The molecule has 0 aliphatic carbocycles. The Morgan fingerprint density at radius 3 is 2.81 bits per heavy atom. The van der Waals surface area contributed by atoms with Crippen LogP contribution in [0, 0.1) is 5.82 Å². The van der Waals surface area contributed by atoms with Gasteiger partial charge in [0.1, 0.15) is 6.61 Å². The zero-order valence-electron chi connectivity index (χ0n) is 8.65. The van der Waals surface area contributed by atoms with Gasteiger partial charge >= 0.3 is 0 Å². The molecule has 1 aromatic heterocycles. The molecule has 1 heterocycles. The van der Waals surface area contributed by atoms with Gasteiger partial charge in [0.05, 0.1) is 16.4 Å². The van der Waals surface area contributed by atoms with Crippen LogP contribution in [0.5, 0.6) is 5.75 Å². The summed E-state index contributed by atoms with van der Waals surface area (Å²) in [5, 5.41) is 4.05. The summed E-state index contributed by atoms with van der Waals surface area (Å²) < 4.78 is 21.2. The molecule has 2 aromatic rings. The number of benzene rings is 1. The fourth-order valence-electron chi connectivity index (χ4n) is 1.31. The van der Waals surface area contributed by atoms with Crippen molar-refractivity contribution in [2.24, 2.45) is 7.05 Å². The third-order valence-corrected chi connectivity index (χ3v) is 2.87. The molecule has 0 fully saturated rings. The molecule has 0 bridgehead atoms. The molecule has 0 saturated carbocycles. The van der Waals surface area contributed by atoms with Gasteiger partial charge in [-0.3, -0.25) is 4.68 Å². The molecule has 84 valence electrons. The maximum Gasteiger partial charge on any atom is 0.165 e. The molecule has 0 spiro atoms. The minimum atomic E-state index is -0.360. The van der Waals surface area contributed by atoms with Crippen molar-refractivity contribution in [1.29, 1.82) is 0 Å². The number of nitrogens with zero attached hydrogens (tertiary/aromatic N) is 2. The average molecular weight is 285 g/mol. The lowest BCUT2D eigenvalue weighted by molar-refractivity contribution is 0.279. The Bertz CT molecular complexity index is 479. The molecule has 0 atom stereocenters. The van der Waals surface area contributed by atoms with E-state index in [1.807, 2.05) is 7.05 Å². The minimum Gasteiger partial charge on any atom is -0.484 e. The average Bonchev–Trinajstić information content (AvgIpc) is 2.58. The number of hydrogen-bond acceptors (Lipinski definition) is 2. The van der Waals surface area contributed by atoms with Crippen LogP contribution in [0.25, 0.3) is 0 Å². The van der Waals surface area contributed by atoms with Gasteiger partial charge in [-0.25, -0.2) is 4.39 Å². The summed E-state index contributed by atoms with van der Waals surface area (Å²) in [6.45, 7) is 0.276. The largest absolute Gasteiger partial charge is 0.484 e. The summed E-state index contributed by atoms with van der Waals surface area (Å²) in [6, 6.07) is 6.33. The van der Waals surface area contributed by atoms with E-state index < -0.39 is 0 Å². The van der Waals surface area contributed by atoms with Crippen molar-refractivity contribution >= 4 is 15.9 Å². The number of aromatic nitrogens is 2. The highest BCUT2D eigenvalue weighted by Gasteiger charge is 2.08. The Morgan fingerprint density at radius 2 is 2.19 bits per heavy atom. The Kier molecular flexibility index (Phi) is 3.24. The summed E-state index contributed by atoms with van der Waals surface area (Å²) in [4.78, 5) is 0. The topological polar surface area (TPSA) is 27.1 Å². The molecule has 2 rings (SSSR count). The van der Waals surface area contributed by atoms with Crippen LogP contribution in [-0.2, 0) is 13.7 Å².